The van der Waals surface area contributed by atoms with Crippen LogP contribution in [0.2, 0.25) is 0 Å². The Labute approximate surface area is 124 Å². The summed E-state index contributed by atoms with van der Waals surface area (Å²) in [6.45, 7) is 8.29. The lowest BCUT2D eigenvalue weighted by Gasteiger charge is -2.34. The van der Waals surface area contributed by atoms with Crippen LogP contribution in [0.5, 0.6) is 0 Å². The van der Waals surface area contributed by atoms with Crippen LogP contribution in [0.1, 0.15) is 5.82 Å². The highest BCUT2D eigenvalue weighted by Gasteiger charge is 2.20. The zero-order valence-corrected chi connectivity index (χ0v) is 12.4. The predicted octanol–water partition coefficient (Wildman–Crippen LogP) is -0.1000. The molecular weight excluding hydrogens is 270 g/mol. The van der Waals surface area contributed by atoms with Gasteiger partial charge in [-0.15, -0.1) is 0 Å². The topological polar surface area (TPSA) is 61.8 Å². The smallest absolute Gasteiger partial charge is 0.209 e. The maximum absolute atomic E-state index is 10.8. The fourth-order valence-corrected chi connectivity index (χ4v) is 2.71. The van der Waals surface area contributed by atoms with Gasteiger partial charge in [0.2, 0.25) is 6.41 Å². The molecular formula is C14H21N5O2. The summed E-state index contributed by atoms with van der Waals surface area (Å²) in [5, 5.41) is 0. The number of piperazine rings is 1. The first kappa shape index (κ1) is 14.1. The van der Waals surface area contributed by atoms with E-state index in [-0.39, 0.29) is 0 Å². The lowest BCUT2D eigenvalue weighted by Crippen LogP contribution is -2.46. The third-order valence-corrected chi connectivity index (χ3v) is 3.93. The van der Waals surface area contributed by atoms with E-state index in [4.69, 9.17) is 4.74 Å². The van der Waals surface area contributed by atoms with Crippen LogP contribution < -0.4 is 9.80 Å². The van der Waals surface area contributed by atoms with Gasteiger partial charge < -0.3 is 19.4 Å². The predicted molar refractivity (Wildman–Crippen MR) is 79.7 cm³/mol. The molecule has 0 unspecified atom stereocenters. The molecule has 0 saturated carbocycles. The van der Waals surface area contributed by atoms with E-state index in [0.717, 1.165) is 76.4 Å². The largest absolute Gasteiger partial charge is 0.378 e. The third kappa shape index (κ3) is 3.24. The van der Waals surface area contributed by atoms with E-state index >= 15 is 0 Å². The van der Waals surface area contributed by atoms with Gasteiger partial charge in [-0.05, 0) is 6.92 Å². The summed E-state index contributed by atoms with van der Waals surface area (Å²) in [5.74, 6) is 2.71. The monoisotopic (exact) mass is 291 g/mol. The van der Waals surface area contributed by atoms with Crippen LogP contribution in [0.4, 0.5) is 11.6 Å². The average Bonchev–Trinajstić information content (AvgIpc) is 2.55. The van der Waals surface area contributed by atoms with E-state index in [2.05, 4.69) is 25.8 Å². The SMILES string of the molecule is Cc1nc(N2CCOCC2)cc(N2CCN(C=O)CC2)n1. The van der Waals surface area contributed by atoms with Crippen LogP contribution in [0.25, 0.3) is 0 Å². The van der Waals surface area contributed by atoms with Gasteiger partial charge in [0.1, 0.15) is 17.5 Å². The first-order valence-electron chi connectivity index (χ1n) is 7.39. The van der Waals surface area contributed by atoms with Crippen molar-refractivity contribution in [2.45, 2.75) is 6.92 Å². The molecule has 7 heteroatoms. The number of morpholine rings is 1. The maximum atomic E-state index is 10.8. The molecule has 0 atom stereocenters. The molecule has 1 amide bonds. The lowest BCUT2D eigenvalue weighted by atomic mass is 10.3. The summed E-state index contributed by atoms with van der Waals surface area (Å²) in [5.41, 5.74) is 0. The highest BCUT2D eigenvalue weighted by Crippen LogP contribution is 2.21. The van der Waals surface area contributed by atoms with Crippen LogP contribution in [-0.2, 0) is 9.53 Å². The summed E-state index contributed by atoms with van der Waals surface area (Å²) >= 11 is 0. The molecule has 2 saturated heterocycles. The number of hydrogen-bond acceptors (Lipinski definition) is 6. The quantitative estimate of drug-likeness (QED) is 0.725. The van der Waals surface area contributed by atoms with Gasteiger partial charge in [-0.1, -0.05) is 0 Å². The summed E-state index contributed by atoms with van der Waals surface area (Å²) in [6, 6.07) is 2.05. The Bertz CT molecular complexity index is 496. The standard InChI is InChI=1S/C14H21N5O2/c1-12-15-13(18-4-2-17(11-20)3-5-18)10-14(16-12)19-6-8-21-9-7-19/h10-11H,2-9H2,1H3. The molecule has 0 bridgehead atoms. The van der Waals surface area contributed by atoms with Crippen LogP contribution in [-0.4, -0.2) is 73.8 Å². The fourth-order valence-electron chi connectivity index (χ4n) is 2.71. The van der Waals surface area contributed by atoms with E-state index in [1.807, 2.05) is 6.92 Å². The molecule has 114 valence electrons. The number of carbonyl (C=O) groups excluding carboxylic acids is 1. The van der Waals surface area contributed by atoms with Crippen molar-refractivity contribution < 1.29 is 9.53 Å². The first-order chi connectivity index (χ1) is 10.3. The van der Waals surface area contributed by atoms with Gasteiger partial charge in [-0.2, -0.15) is 0 Å². The van der Waals surface area contributed by atoms with Gasteiger partial charge in [0.05, 0.1) is 13.2 Å². The Morgan fingerprint density at radius 3 is 2.14 bits per heavy atom. The number of rotatable bonds is 3. The molecule has 3 rings (SSSR count). The fraction of sp³-hybridized carbons (Fsp3) is 0.643. The number of aryl methyl sites for hydroxylation is 1. The summed E-state index contributed by atoms with van der Waals surface area (Å²) in [7, 11) is 0. The van der Waals surface area contributed by atoms with Crippen molar-refractivity contribution in [3.05, 3.63) is 11.9 Å². The number of nitrogens with zero attached hydrogens (tertiary/aromatic N) is 5. The van der Waals surface area contributed by atoms with Crippen LogP contribution in [0, 0.1) is 6.92 Å². The molecule has 7 nitrogen and oxygen atoms in total. The second-order valence-corrected chi connectivity index (χ2v) is 5.36. The van der Waals surface area contributed by atoms with Crippen molar-refractivity contribution in [2.75, 3.05) is 62.3 Å². The molecule has 2 fully saturated rings. The first-order valence-corrected chi connectivity index (χ1v) is 7.39. The number of carbonyl (C=O) groups is 1. The second-order valence-electron chi connectivity index (χ2n) is 5.36. The summed E-state index contributed by atoms with van der Waals surface area (Å²) in [6.07, 6.45) is 0.918. The zero-order chi connectivity index (χ0) is 14.7. The van der Waals surface area contributed by atoms with Crippen LogP contribution >= 0.6 is 0 Å². The normalized spacial score (nSPS) is 19.8. The highest BCUT2D eigenvalue weighted by atomic mass is 16.5. The van der Waals surface area contributed by atoms with Gasteiger partial charge in [-0.3, -0.25) is 4.79 Å². The number of ether oxygens (including phenoxy) is 1. The van der Waals surface area contributed by atoms with E-state index in [1.54, 1.807) is 4.90 Å². The van der Waals surface area contributed by atoms with Crippen molar-refractivity contribution >= 4 is 18.0 Å². The van der Waals surface area contributed by atoms with E-state index < -0.39 is 0 Å². The molecule has 0 N–H and O–H groups in total. The van der Waals surface area contributed by atoms with E-state index in [0.29, 0.717) is 0 Å². The summed E-state index contributed by atoms with van der Waals surface area (Å²) in [4.78, 5) is 26.1. The Morgan fingerprint density at radius 2 is 1.57 bits per heavy atom. The van der Waals surface area contributed by atoms with Crippen molar-refractivity contribution in [2.24, 2.45) is 0 Å². The van der Waals surface area contributed by atoms with E-state index in [1.165, 1.54) is 0 Å². The Balaban J connectivity index is 1.76. The molecule has 2 aliphatic heterocycles. The van der Waals surface area contributed by atoms with Gasteiger partial charge in [0.25, 0.3) is 0 Å². The van der Waals surface area contributed by atoms with Crippen molar-refractivity contribution in [3.8, 4) is 0 Å². The molecule has 1 aromatic rings. The highest BCUT2D eigenvalue weighted by molar-refractivity contribution is 5.53. The third-order valence-electron chi connectivity index (χ3n) is 3.93. The number of amides is 1. The lowest BCUT2D eigenvalue weighted by molar-refractivity contribution is -0.118. The minimum absolute atomic E-state index is 0.746. The molecule has 3 heterocycles. The summed E-state index contributed by atoms with van der Waals surface area (Å²) < 4.78 is 5.39. The maximum Gasteiger partial charge on any atom is 0.209 e. The van der Waals surface area contributed by atoms with Crippen molar-refractivity contribution in [1.82, 2.24) is 14.9 Å². The van der Waals surface area contributed by atoms with Crippen LogP contribution in [0.15, 0.2) is 6.07 Å². The van der Waals surface area contributed by atoms with Crippen molar-refractivity contribution in [3.63, 3.8) is 0 Å². The molecule has 0 radical (unpaired) electrons. The number of hydrogen-bond donors (Lipinski definition) is 0. The van der Waals surface area contributed by atoms with E-state index in [9.17, 15) is 4.79 Å². The Hall–Kier alpha value is -1.89. The zero-order valence-electron chi connectivity index (χ0n) is 12.4. The number of aromatic nitrogens is 2. The van der Waals surface area contributed by atoms with Gasteiger partial charge >= 0.3 is 0 Å². The number of anilines is 2. The molecule has 0 aromatic carbocycles. The minimum atomic E-state index is 0.746. The molecule has 0 spiro atoms. The molecule has 0 aliphatic carbocycles. The van der Waals surface area contributed by atoms with Crippen molar-refractivity contribution in [1.29, 1.82) is 0 Å². The molecule has 1 aromatic heterocycles. The Kier molecular flexibility index (Phi) is 4.19. The Morgan fingerprint density at radius 1 is 1.00 bits per heavy atom. The van der Waals surface area contributed by atoms with Gasteiger partial charge in [0.15, 0.2) is 0 Å². The molecule has 2 aliphatic rings. The average molecular weight is 291 g/mol. The van der Waals surface area contributed by atoms with Gasteiger partial charge in [0, 0.05) is 45.3 Å². The second kappa shape index (κ2) is 6.26. The van der Waals surface area contributed by atoms with Crippen LogP contribution in [0.3, 0.4) is 0 Å². The minimum Gasteiger partial charge on any atom is -0.378 e. The van der Waals surface area contributed by atoms with Gasteiger partial charge in [-0.25, -0.2) is 9.97 Å². The molecule has 21 heavy (non-hydrogen) atoms.